The van der Waals surface area contributed by atoms with Crippen molar-refractivity contribution in [1.29, 1.82) is 0 Å². The molecule has 1 aliphatic heterocycles. The Morgan fingerprint density at radius 2 is 1.48 bits per heavy atom. The number of fused-ring (bicyclic) bond motifs is 1. The van der Waals surface area contributed by atoms with Crippen molar-refractivity contribution in [3.8, 4) is 28.5 Å². The predicted octanol–water partition coefficient (Wildman–Crippen LogP) is 6.82. The Morgan fingerprint density at radius 1 is 0.875 bits per heavy atom. The van der Waals surface area contributed by atoms with E-state index in [1.165, 1.54) is 24.6 Å². The van der Waals surface area contributed by atoms with Gasteiger partial charge in [0.2, 0.25) is 0 Å². The Labute approximate surface area is 221 Å². The molecule has 4 rings (SSSR count). The molecule has 1 aliphatic rings. The molecule has 1 unspecified atom stereocenters. The molecule has 6 nitrogen and oxygen atoms in total. The van der Waals surface area contributed by atoms with Crippen molar-refractivity contribution in [2.75, 3.05) is 13.2 Å². The zero-order chi connectivity index (χ0) is 29.8. The Kier molecular flexibility index (Phi) is 7.32. The van der Waals surface area contributed by atoms with Crippen LogP contribution in [0.15, 0.2) is 36.0 Å². The van der Waals surface area contributed by atoms with E-state index in [1.807, 2.05) is 0 Å². The summed E-state index contributed by atoms with van der Waals surface area (Å²) in [5.41, 5.74) is -5.49. The molecule has 1 atom stereocenters. The number of benzene rings is 1. The number of hydrogen-bond acceptors (Lipinski definition) is 5. The summed E-state index contributed by atoms with van der Waals surface area (Å²) in [4.78, 5) is 9.14. The summed E-state index contributed by atoms with van der Waals surface area (Å²) in [5.74, 6) is -0.116. The lowest BCUT2D eigenvalue weighted by molar-refractivity contribution is -0.143. The lowest BCUT2D eigenvalue weighted by Gasteiger charge is -2.35. The van der Waals surface area contributed by atoms with Crippen LogP contribution in [0.5, 0.6) is 5.75 Å². The minimum absolute atomic E-state index is 0.0154. The Balaban J connectivity index is 1.94. The first kappa shape index (κ1) is 29.2. The van der Waals surface area contributed by atoms with Crippen LogP contribution in [0.3, 0.4) is 0 Å². The van der Waals surface area contributed by atoms with Crippen molar-refractivity contribution in [3.63, 3.8) is 0 Å². The maximum atomic E-state index is 13.7. The molecule has 0 bridgehead atoms. The van der Waals surface area contributed by atoms with Gasteiger partial charge in [0.05, 0.1) is 34.8 Å². The number of allylic oxidation sites excluding steroid dienone is 1. The van der Waals surface area contributed by atoms with Crippen LogP contribution < -0.4 is 4.74 Å². The van der Waals surface area contributed by atoms with Gasteiger partial charge in [0, 0.05) is 19.2 Å². The van der Waals surface area contributed by atoms with Gasteiger partial charge in [-0.05, 0) is 50.3 Å². The lowest BCUT2D eigenvalue weighted by atomic mass is 10.0. The largest absolute Gasteiger partial charge is 0.491 e. The smallest absolute Gasteiger partial charge is 0.431 e. The number of ether oxygens (including phenoxy) is 1. The Bertz CT molecular complexity index is 1420. The highest BCUT2D eigenvalue weighted by Gasteiger charge is 2.44. The average Bonchev–Trinajstić information content (AvgIpc) is 3.19. The van der Waals surface area contributed by atoms with E-state index in [2.05, 4.69) is 9.97 Å². The first-order valence-electron chi connectivity index (χ1n) is 11.7. The van der Waals surface area contributed by atoms with E-state index >= 15 is 0 Å². The van der Waals surface area contributed by atoms with E-state index in [4.69, 9.17) is 4.74 Å². The summed E-state index contributed by atoms with van der Waals surface area (Å²) in [7, 11) is 1.38. The fourth-order valence-electron chi connectivity index (χ4n) is 4.38. The van der Waals surface area contributed by atoms with Gasteiger partial charge >= 0.3 is 18.5 Å². The van der Waals surface area contributed by atoms with E-state index < -0.39 is 47.1 Å². The van der Waals surface area contributed by atoms with Crippen molar-refractivity contribution in [3.05, 3.63) is 58.5 Å². The van der Waals surface area contributed by atoms with Crippen molar-refractivity contribution in [1.82, 2.24) is 19.4 Å². The van der Waals surface area contributed by atoms with Crippen molar-refractivity contribution in [2.24, 2.45) is 7.05 Å². The summed E-state index contributed by atoms with van der Waals surface area (Å²) in [6.07, 6.45) is -16.0. The number of imidazole rings is 1. The van der Waals surface area contributed by atoms with Gasteiger partial charge in [-0.2, -0.15) is 39.5 Å². The van der Waals surface area contributed by atoms with Gasteiger partial charge in [-0.25, -0.2) is 9.97 Å². The molecule has 216 valence electrons. The molecule has 0 radical (unpaired) electrons. The highest BCUT2D eigenvalue weighted by molar-refractivity contribution is 5.71. The Morgan fingerprint density at radius 3 is 1.98 bits per heavy atom. The second kappa shape index (κ2) is 10.0. The summed E-state index contributed by atoms with van der Waals surface area (Å²) in [6.45, 7) is 2.88. The topological polar surface area (TPSA) is 63.4 Å². The highest BCUT2D eigenvalue weighted by Crippen LogP contribution is 2.43. The SMILES string of the molecule is CCOc1ccc(-c2cc(C(F)(F)F)cc(C(F)(F)F)c2)nc1-c1nc2c(n1C)C(O)N(CC)C(C(F)(F)F)=C2. The third-order valence-corrected chi connectivity index (χ3v) is 6.17. The number of aliphatic hydroxyl groups excluding tert-OH is 1. The number of nitrogens with zero attached hydrogens (tertiary/aromatic N) is 4. The lowest BCUT2D eigenvalue weighted by Crippen LogP contribution is -2.38. The van der Waals surface area contributed by atoms with Gasteiger partial charge < -0.3 is 19.3 Å². The summed E-state index contributed by atoms with van der Waals surface area (Å²) >= 11 is 0. The minimum atomic E-state index is -5.09. The van der Waals surface area contributed by atoms with Crippen LogP contribution in [-0.2, 0) is 19.4 Å². The van der Waals surface area contributed by atoms with E-state index in [0.29, 0.717) is 17.0 Å². The molecule has 0 saturated carbocycles. The molecular weight excluding hydrogens is 559 g/mol. The van der Waals surface area contributed by atoms with Crippen molar-refractivity contribution >= 4 is 6.08 Å². The fraction of sp³-hybridized carbons (Fsp3) is 0.360. The van der Waals surface area contributed by atoms with E-state index in [-0.39, 0.29) is 53.6 Å². The number of aromatic nitrogens is 3. The van der Waals surface area contributed by atoms with Crippen molar-refractivity contribution in [2.45, 2.75) is 38.6 Å². The maximum absolute atomic E-state index is 13.7. The average molecular weight is 580 g/mol. The molecule has 0 amide bonds. The normalized spacial score (nSPS) is 16.2. The summed E-state index contributed by atoms with van der Waals surface area (Å²) in [5, 5.41) is 10.8. The minimum Gasteiger partial charge on any atom is -0.491 e. The number of pyridine rings is 1. The maximum Gasteiger partial charge on any atom is 0.431 e. The zero-order valence-electron chi connectivity index (χ0n) is 21.0. The van der Waals surface area contributed by atoms with Crippen LogP contribution in [0.25, 0.3) is 28.9 Å². The molecule has 1 aromatic carbocycles. The second-order valence-electron chi connectivity index (χ2n) is 8.72. The van der Waals surface area contributed by atoms with Crippen LogP contribution in [0.1, 0.15) is 42.6 Å². The molecule has 3 heterocycles. The summed E-state index contributed by atoms with van der Waals surface area (Å²) in [6, 6.07) is 3.41. The number of aliphatic hydroxyl groups is 1. The molecule has 0 fully saturated rings. The van der Waals surface area contributed by atoms with Gasteiger partial charge in [-0.15, -0.1) is 0 Å². The molecule has 2 aromatic heterocycles. The molecule has 0 saturated heterocycles. The van der Waals surface area contributed by atoms with E-state index in [9.17, 15) is 44.6 Å². The van der Waals surface area contributed by atoms with Gasteiger partial charge in [0.25, 0.3) is 0 Å². The van der Waals surface area contributed by atoms with Gasteiger partial charge in [0.15, 0.2) is 12.1 Å². The highest BCUT2D eigenvalue weighted by atomic mass is 19.4. The van der Waals surface area contributed by atoms with Crippen LogP contribution in [0.2, 0.25) is 0 Å². The van der Waals surface area contributed by atoms with Crippen LogP contribution >= 0.6 is 0 Å². The molecule has 0 aliphatic carbocycles. The van der Waals surface area contributed by atoms with Crippen LogP contribution in [0.4, 0.5) is 39.5 Å². The van der Waals surface area contributed by atoms with Gasteiger partial charge in [0.1, 0.15) is 17.1 Å². The van der Waals surface area contributed by atoms with E-state index in [1.54, 1.807) is 6.92 Å². The van der Waals surface area contributed by atoms with Crippen molar-refractivity contribution < 1.29 is 49.4 Å². The van der Waals surface area contributed by atoms with Gasteiger partial charge in [-0.3, -0.25) is 0 Å². The van der Waals surface area contributed by atoms with Gasteiger partial charge in [-0.1, -0.05) is 0 Å². The van der Waals surface area contributed by atoms with Crippen LogP contribution in [-0.4, -0.2) is 43.9 Å². The second-order valence-corrected chi connectivity index (χ2v) is 8.72. The molecule has 1 N–H and O–H groups in total. The standard InChI is InChI=1S/C25H21F9N4O2/c1-4-38-18(25(32,33)34)11-16-20(22(38)39)37(3)21(36-16)19-17(40-5-2)7-6-15(35-19)12-8-13(23(26,27)28)10-14(9-12)24(29,30)31/h6-11,22,39H,4-5H2,1-3H3. The molecular formula is C25H21F9N4O2. The molecule has 40 heavy (non-hydrogen) atoms. The molecule has 3 aromatic rings. The number of rotatable bonds is 5. The third-order valence-electron chi connectivity index (χ3n) is 6.17. The Hall–Kier alpha value is -3.75. The number of alkyl halides is 9. The predicted molar refractivity (Wildman–Crippen MR) is 124 cm³/mol. The molecule has 15 heteroatoms. The number of hydrogen-bond donors (Lipinski definition) is 1. The molecule has 0 spiro atoms. The zero-order valence-corrected chi connectivity index (χ0v) is 21.0. The third kappa shape index (κ3) is 5.33. The summed E-state index contributed by atoms with van der Waals surface area (Å²) < 4.78 is 128. The van der Waals surface area contributed by atoms with E-state index in [0.717, 1.165) is 12.1 Å². The fourth-order valence-corrected chi connectivity index (χ4v) is 4.38. The quantitative estimate of drug-likeness (QED) is 0.336. The first-order chi connectivity index (χ1) is 18.5. The first-order valence-corrected chi connectivity index (χ1v) is 11.7. The van der Waals surface area contributed by atoms with Crippen LogP contribution in [0, 0.1) is 0 Å². The number of halogens is 9. The monoisotopic (exact) mass is 580 g/mol.